The molecule has 198 valence electrons. The van der Waals surface area contributed by atoms with Gasteiger partial charge in [0, 0.05) is 31.0 Å². The van der Waals surface area contributed by atoms with Crippen molar-refractivity contribution in [3.8, 4) is 5.75 Å². The minimum Gasteiger partial charge on any atom is -0.507 e. The van der Waals surface area contributed by atoms with Crippen LogP contribution in [-0.4, -0.2) is 37.0 Å². The van der Waals surface area contributed by atoms with Crippen LogP contribution in [0.5, 0.6) is 5.75 Å². The zero-order valence-electron chi connectivity index (χ0n) is 23.1. The summed E-state index contributed by atoms with van der Waals surface area (Å²) < 4.78 is 5.84. The molecular weight excluding hydrogens is 476 g/mol. The maximum absolute atomic E-state index is 13.5. The molecule has 1 saturated heterocycles. The summed E-state index contributed by atoms with van der Waals surface area (Å²) in [6.07, 6.45) is 0.00571. The van der Waals surface area contributed by atoms with E-state index in [2.05, 4.69) is 13.8 Å². The lowest BCUT2D eigenvalue weighted by atomic mass is 9.92. The topological polar surface area (TPSA) is 70.1 Å². The van der Waals surface area contributed by atoms with E-state index in [0.717, 1.165) is 22.4 Å². The number of carbonyl (C=O) groups is 2. The number of hydrogen-bond donors (Lipinski definition) is 1. The molecule has 1 heterocycles. The normalized spacial score (nSPS) is 17.0. The third kappa shape index (κ3) is 5.17. The lowest BCUT2D eigenvalue weighted by molar-refractivity contribution is -0.132. The van der Waals surface area contributed by atoms with Gasteiger partial charge in [0.25, 0.3) is 11.7 Å². The van der Waals surface area contributed by atoms with Gasteiger partial charge >= 0.3 is 0 Å². The minimum absolute atomic E-state index is 0.00571. The molecule has 1 fully saturated rings. The molecule has 4 rings (SSSR count). The molecule has 3 aromatic carbocycles. The van der Waals surface area contributed by atoms with Gasteiger partial charge in [0.15, 0.2) is 0 Å². The Bertz CT molecular complexity index is 1370. The van der Waals surface area contributed by atoms with Crippen molar-refractivity contribution in [3.63, 3.8) is 0 Å². The second kappa shape index (κ2) is 10.7. The van der Waals surface area contributed by atoms with Crippen LogP contribution in [0, 0.1) is 6.92 Å². The maximum atomic E-state index is 13.5. The van der Waals surface area contributed by atoms with E-state index in [1.165, 1.54) is 4.90 Å². The van der Waals surface area contributed by atoms with Crippen molar-refractivity contribution in [2.24, 2.45) is 0 Å². The number of aryl methyl sites for hydroxylation is 1. The lowest BCUT2D eigenvalue weighted by Crippen LogP contribution is -2.29. The van der Waals surface area contributed by atoms with E-state index in [4.69, 9.17) is 4.74 Å². The molecule has 1 amide bonds. The van der Waals surface area contributed by atoms with Crippen LogP contribution < -0.4 is 14.5 Å². The van der Waals surface area contributed by atoms with Crippen LogP contribution in [-0.2, 0) is 9.59 Å². The van der Waals surface area contributed by atoms with Gasteiger partial charge in [-0.25, -0.2) is 0 Å². The molecule has 1 aliphatic rings. The average Bonchev–Trinajstić information content (AvgIpc) is 3.14. The zero-order valence-corrected chi connectivity index (χ0v) is 23.1. The molecule has 0 saturated carbocycles. The summed E-state index contributed by atoms with van der Waals surface area (Å²) in [6, 6.07) is 19.9. The number of amides is 1. The maximum Gasteiger partial charge on any atom is 0.300 e. The minimum atomic E-state index is -0.770. The smallest absolute Gasteiger partial charge is 0.300 e. The summed E-state index contributed by atoms with van der Waals surface area (Å²) in [5.41, 5.74) is 4.83. The molecule has 1 aliphatic heterocycles. The summed E-state index contributed by atoms with van der Waals surface area (Å²) in [5, 5.41) is 11.5. The van der Waals surface area contributed by atoms with Gasteiger partial charge in [-0.1, -0.05) is 38.1 Å². The van der Waals surface area contributed by atoms with Crippen molar-refractivity contribution in [2.45, 2.75) is 52.7 Å². The number of nitrogens with zero attached hydrogens (tertiary/aromatic N) is 2. The Morgan fingerprint density at radius 1 is 0.921 bits per heavy atom. The van der Waals surface area contributed by atoms with Crippen LogP contribution in [0.1, 0.15) is 61.9 Å². The van der Waals surface area contributed by atoms with E-state index < -0.39 is 17.7 Å². The number of anilines is 2. The Labute approximate surface area is 225 Å². The summed E-state index contributed by atoms with van der Waals surface area (Å²) in [5.74, 6) is -0.536. The fraction of sp³-hybridized carbons (Fsp3) is 0.312. The molecule has 0 aliphatic carbocycles. The molecule has 6 heteroatoms. The average molecular weight is 513 g/mol. The number of aliphatic hydroxyl groups is 1. The van der Waals surface area contributed by atoms with Crippen molar-refractivity contribution in [1.82, 2.24) is 0 Å². The number of benzene rings is 3. The Kier molecular flexibility index (Phi) is 7.63. The van der Waals surface area contributed by atoms with Crippen molar-refractivity contribution in [3.05, 3.63) is 94.6 Å². The number of ketones is 1. The van der Waals surface area contributed by atoms with Gasteiger partial charge in [-0.2, -0.15) is 0 Å². The van der Waals surface area contributed by atoms with Gasteiger partial charge in [-0.3, -0.25) is 14.5 Å². The summed E-state index contributed by atoms with van der Waals surface area (Å²) >= 11 is 0. The van der Waals surface area contributed by atoms with Crippen LogP contribution in [0.3, 0.4) is 0 Å². The van der Waals surface area contributed by atoms with Gasteiger partial charge in [0.1, 0.15) is 11.5 Å². The largest absolute Gasteiger partial charge is 0.507 e. The van der Waals surface area contributed by atoms with Crippen molar-refractivity contribution in [2.75, 3.05) is 23.9 Å². The first-order valence-electron chi connectivity index (χ1n) is 13.0. The molecule has 6 nitrogen and oxygen atoms in total. The van der Waals surface area contributed by atoms with Crippen LogP contribution >= 0.6 is 0 Å². The highest BCUT2D eigenvalue weighted by molar-refractivity contribution is 6.51. The lowest BCUT2D eigenvalue weighted by Gasteiger charge is -2.26. The molecule has 0 spiro atoms. The van der Waals surface area contributed by atoms with Crippen molar-refractivity contribution < 1.29 is 19.4 Å². The SMILES string of the molecule is Cc1cc(/C(O)=C2/C(=O)C(=O)N(c3ccc(N(C)C)cc3)C2c2ccc(C(C)C)cc2)ccc1OC(C)C. The monoisotopic (exact) mass is 512 g/mol. The number of Topliss-reactive ketones (excluding diaryl/α,β-unsaturated/α-hetero) is 1. The predicted octanol–water partition coefficient (Wildman–Crippen LogP) is 6.60. The van der Waals surface area contributed by atoms with Gasteiger partial charge in [-0.15, -0.1) is 0 Å². The first-order chi connectivity index (χ1) is 18.0. The third-order valence-electron chi connectivity index (χ3n) is 6.82. The number of ether oxygens (including phenoxy) is 1. The second-order valence-corrected chi connectivity index (χ2v) is 10.5. The van der Waals surface area contributed by atoms with Gasteiger partial charge in [0.2, 0.25) is 0 Å². The van der Waals surface area contributed by atoms with Gasteiger partial charge < -0.3 is 14.7 Å². The third-order valence-corrected chi connectivity index (χ3v) is 6.82. The van der Waals surface area contributed by atoms with Gasteiger partial charge in [-0.05, 0) is 85.8 Å². The Hall–Kier alpha value is -4.06. The van der Waals surface area contributed by atoms with E-state index in [0.29, 0.717) is 22.9 Å². The van der Waals surface area contributed by atoms with E-state index >= 15 is 0 Å². The second-order valence-electron chi connectivity index (χ2n) is 10.5. The molecule has 0 radical (unpaired) electrons. The van der Waals surface area contributed by atoms with E-state index in [9.17, 15) is 14.7 Å². The van der Waals surface area contributed by atoms with Gasteiger partial charge in [0.05, 0.1) is 17.7 Å². The molecule has 1 atom stereocenters. The summed E-state index contributed by atoms with van der Waals surface area (Å²) in [4.78, 5) is 30.4. The Morgan fingerprint density at radius 2 is 1.55 bits per heavy atom. The first kappa shape index (κ1) is 27.0. The van der Waals surface area contributed by atoms with Crippen LogP contribution in [0.4, 0.5) is 11.4 Å². The number of rotatable bonds is 7. The van der Waals surface area contributed by atoms with Crippen molar-refractivity contribution >= 4 is 28.8 Å². The Balaban J connectivity index is 1.87. The van der Waals surface area contributed by atoms with E-state index in [1.54, 1.807) is 18.2 Å². The number of carbonyl (C=O) groups excluding carboxylic acids is 2. The first-order valence-corrected chi connectivity index (χ1v) is 13.0. The fourth-order valence-corrected chi connectivity index (χ4v) is 4.73. The molecule has 1 unspecified atom stereocenters. The number of aliphatic hydroxyl groups excluding tert-OH is 1. The highest BCUT2D eigenvalue weighted by atomic mass is 16.5. The molecule has 0 bridgehead atoms. The standard InChI is InChI=1S/C32H36N2O4/c1-19(2)22-8-10-23(11-9-22)29-28(30(35)24-12-17-27(21(5)18-24)38-20(3)4)31(36)32(37)34(29)26-15-13-25(14-16-26)33(6)7/h8-20,29,35H,1-7H3/b30-28-. The van der Waals surface area contributed by atoms with Crippen LogP contribution in [0.2, 0.25) is 0 Å². The molecule has 1 N–H and O–H groups in total. The summed E-state index contributed by atoms with van der Waals surface area (Å²) in [7, 11) is 3.88. The summed E-state index contributed by atoms with van der Waals surface area (Å²) in [6.45, 7) is 10.0. The number of hydrogen-bond acceptors (Lipinski definition) is 5. The van der Waals surface area contributed by atoms with Crippen LogP contribution in [0.15, 0.2) is 72.3 Å². The highest BCUT2D eigenvalue weighted by Crippen LogP contribution is 2.43. The van der Waals surface area contributed by atoms with Crippen LogP contribution in [0.25, 0.3) is 5.76 Å². The molecular formula is C32H36N2O4. The quantitative estimate of drug-likeness (QED) is 0.219. The highest BCUT2D eigenvalue weighted by Gasteiger charge is 2.47. The zero-order chi connectivity index (χ0) is 27.7. The predicted molar refractivity (Wildman–Crippen MR) is 153 cm³/mol. The molecule has 0 aromatic heterocycles. The molecule has 38 heavy (non-hydrogen) atoms. The molecule has 3 aromatic rings. The fourth-order valence-electron chi connectivity index (χ4n) is 4.73. The van der Waals surface area contributed by atoms with E-state index in [1.807, 2.05) is 88.3 Å². The Morgan fingerprint density at radius 3 is 2.08 bits per heavy atom. The van der Waals surface area contributed by atoms with E-state index in [-0.39, 0.29) is 17.4 Å². The van der Waals surface area contributed by atoms with Crippen molar-refractivity contribution in [1.29, 1.82) is 0 Å².